The molecule has 3 rings (SSSR count). The van der Waals surface area contributed by atoms with Gasteiger partial charge in [0.15, 0.2) is 0 Å². The zero-order chi connectivity index (χ0) is 14.5. The van der Waals surface area contributed by atoms with E-state index in [4.69, 9.17) is 4.74 Å². The summed E-state index contributed by atoms with van der Waals surface area (Å²) in [5, 5.41) is 3.41. The van der Waals surface area contributed by atoms with Crippen LogP contribution in [-0.4, -0.2) is 0 Å². The lowest BCUT2D eigenvalue weighted by Gasteiger charge is -2.17. The maximum absolute atomic E-state index is 12.9. The molecular weight excluding hydrogens is 265 g/mol. The van der Waals surface area contributed by atoms with E-state index in [1.807, 2.05) is 24.4 Å². The molecule has 3 heteroatoms. The number of hydrogen-bond acceptors (Lipinski definition) is 2. The number of benzene rings is 2. The van der Waals surface area contributed by atoms with E-state index in [0.29, 0.717) is 11.8 Å². The molecule has 0 spiro atoms. The highest BCUT2D eigenvalue weighted by Gasteiger charge is 2.12. The molecule has 2 aromatic rings. The van der Waals surface area contributed by atoms with Crippen molar-refractivity contribution in [2.24, 2.45) is 0 Å². The largest absolute Gasteiger partial charge is 0.457 e. The molecule has 2 aromatic carbocycles. The van der Waals surface area contributed by atoms with Gasteiger partial charge in [-0.25, -0.2) is 4.39 Å². The monoisotopic (exact) mass is 283 g/mol. The van der Waals surface area contributed by atoms with Crippen molar-refractivity contribution in [3.63, 3.8) is 0 Å². The normalized spacial score (nSPS) is 17.9. The Morgan fingerprint density at radius 3 is 2.76 bits per heavy atom. The van der Waals surface area contributed by atoms with Crippen LogP contribution in [0.4, 0.5) is 4.39 Å². The molecule has 1 unspecified atom stereocenters. The van der Waals surface area contributed by atoms with Gasteiger partial charge in [-0.05, 0) is 67.4 Å². The minimum atomic E-state index is -0.259. The number of ether oxygens (including phenoxy) is 1. The third-order valence-corrected chi connectivity index (χ3v) is 3.59. The summed E-state index contributed by atoms with van der Waals surface area (Å²) in [5.41, 5.74) is 1.21. The molecule has 21 heavy (non-hydrogen) atoms. The Morgan fingerprint density at radius 2 is 1.90 bits per heavy atom. The average molecular weight is 283 g/mol. The molecule has 0 fully saturated rings. The Labute approximate surface area is 124 Å². The van der Waals surface area contributed by atoms with Crippen molar-refractivity contribution in [2.75, 3.05) is 0 Å². The topological polar surface area (TPSA) is 21.3 Å². The Morgan fingerprint density at radius 1 is 1.05 bits per heavy atom. The molecule has 108 valence electrons. The van der Waals surface area contributed by atoms with Gasteiger partial charge in [-0.2, -0.15) is 0 Å². The highest BCUT2D eigenvalue weighted by Crippen LogP contribution is 2.27. The minimum absolute atomic E-state index is 0.259. The third kappa shape index (κ3) is 3.63. The van der Waals surface area contributed by atoms with E-state index in [1.165, 1.54) is 24.1 Å². The molecule has 0 saturated carbocycles. The molecule has 0 aromatic heterocycles. The number of halogens is 1. The molecule has 1 aliphatic rings. The molecular formula is C18H18FNO. The van der Waals surface area contributed by atoms with Gasteiger partial charge >= 0.3 is 0 Å². The van der Waals surface area contributed by atoms with E-state index in [-0.39, 0.29) is 5.82 Å². The Bertz CT molecular complexity index is 621. The van der Waals surface area contributed by atoms with Crippen molar-refractivity contribution >= 4 is 0 Å². The Balaban J connectivity index is 1.76. The Kier molecular flexibility index (Phi) is 4.20. The maximum Gasteiger partial charge on any atom is 0.127 e. The fourth-order valence-electron chi connectivity index (χ4n) is 2.49. The van der Waals surface area contributed by atoms with E-state index in [2.05, 4.69) is 17.5 Å². The summed E-state index contributed by atoms with van der Waals surface area (Å²) in [6, 6.07) is 14.4. The first-order valence-electron chi connectivity index (χ1n) is 7.26. The van der Waals surface area contributed by atoms with Gasteiger partial charge in [-0.1, -0.05) is 18.2 Å². The molecule has 0 aliphatic carbocycles. The van der Waals surface area contributed by atoms with Crippen LogP contribution in [0.2, 0.25) is 0 Å². The second-order valence-electron chi connectivity index (χ2n) is 5.18. The fourth-order valence-corrected chi connectivity index (χ4v) is 2.49. The highest BCUT2D eigenvalue weighted by molar-refractivity contribution is 5.35. The summed E-state index contributed by atoms with van der Waals surface area (Å²) in [4.78, 5) is 0. The van der Waals surface area contributed by atoms with Crippen LogP contribution in [0.15, 0.2) is 60.8 Å². The first kappa shape index (κ1) is 13.7. The number of nitrogens with one attached hydrogen (secondary N) is 1. The minimum Gasteiger partial charge on any atom is -0.457 e. The van der Waals surface area contributed by atoms with Gasteiger partial charge in [0.25, 0.3) is 0 Å². The summed E-state index contributed by atoms with van der Waals surface area (Å²) < 4.78 is 18.7. The maximum atomic E-state index is 12.9. The average Bonchev–Trinajstić information content (AvgIpc) is 2.79. The second-order valence-corrected chi connectivity index (χ2v) is 5.18. The highest BCUT2D eigenvalue weighted by atomic mass is 19.1. The van der Waals surface area contributed by atoms with E-state index in [1.54, 1.807) is 12.1 Å². The SMILES string of the molecule is Fc1ccc(Oc2cccc(C3CCCC=CN3)c2)cc1. The fraction of sp³-hybridized carbons (Fsp3) is 0.222. The predicted octanol–water partition coefficient (Wildman–Crippen LogP) is 4.95. The zero-order valence-electron chi connectivity index (χ0n) is 11.8. The lowest BCUT2D eigenvalue weighted by Crippen LogP contribution is -2.13. The molecule has 1 aliphatic heterocycles. The van der Waals surface area contributed by atoms with Crippen molar-refractivity contribution in [1.82, 2.24) is 5.32 Å². The van der Waals surface area contributed by atoms with Gasteiger partial charge in [-0.15, -0.1) is 0 Å². The summed E-state index contributed by atoms with van der Waals surface area (Å²) in [6.45, 7) is 0. The van der Waals surface area contributed by atoms with Crippen LogP contribution in [0.5, 0.6) is 11.5 Å². The smallest absolute Gasteiger partial charge is 0.127 e. The third-order valence-electron chi connectivity index (χ3n) is 3.59. The van der Waals surface area contributed by atoms with Gasteiger partial charge in [0.05, 0.1) is 6.04 Å². The predicted molar refractivity (Wildman–Crippen MR) is 81.8 cm³/mol. The van der Waals surface area contributed by atoms with Gasteiger partial charge < -0.3 is 10.1 Å². The first-order valence-corrected chi connectivity index (χ1v) is 7.26. The summed E-state index contributed by atoms with van der Waals surface area (Å²) in [5.74, 6) is 1.15. The van der Waals surface area contributed by atoms with E-state index in [0.717, 1.165) is 18.6 Å². The zero-order valence-corrected chi connectivity index (χ0v) is 11.8. The van der Waals surface area contributed by atoms with Gasteiger partial charge in [-0.3, -0.25) is 0 Å². The molecule has 0 saturated heterocycles. The molecule has 1 N–H and O–H groups in total. The Hall–Kier alpha value is -2.29. The number of hydrogen-bond donors (Lipinski definition) is 1. The summed E-state index contributed by atoms with van der Waals surface area (Å²) in [7, 11) is 0. The van der Waals surface area contributed by atoms with Gasteiger partial charge in [0.2, 0.25) is 0 Å². The molecule has 0 amide bonds. The van der Waals surface area contributed by atoms with Crippen LogP contribution in [0.3, 0.4) is 0 Å². The van der Waals surface area contributed by atoms with Crippen LogP contribution < -0.4 is 10.1 Å². The summed E-state index contributed by atoms with van der Waals surface area (Å²) in [6.07, 6.45) is 7.60. The van der Waals surface area contributed by atoms with Gasteiger partial charge in [0.1, 0.15) is 17.3 Å². The van der Waals surface area contributed by atoms with Crippen molar-refractivity contribution < 1.29 is 9.13 Å². The number of allylic oxidation sites excluding steroid dienone is 1. The second kappa shape index (κ2) is 6.44. The first-order chi connectivity index (χ1) is 10.3. The van der Waals surface area contributed by atoms with Crippen LogP contribution >= 0.6 is 0 Å². The van der Waals surface area contributed by atoms with Crippen molar-refractivity contribution in [2.45, 2.75) is 25.3 Å². The number of rotatable bonds is 3. The van der Waals surface area contributed by atoms with Gasteiger partial charge in [0, 0.05) is 0 Å². The van der Waals surface area contributed by atoms with Crippen LogP contribution in [0.1, 0.15) is 30.9 Å². The van der Waals surface area contributed by atoms with E-state index < -0.39 is 0 Å². The van der Waals surface area contributed by atoms with Crippen LogP contribution in [-0.2, 0) is 0 Å². The standard InChI is InChI=1S/C18H18FNO/c19-15-8-10-16(11-9-15)21-17-6-4-5-14(13-17)18-7-2-1-3-12-20-18/h3-6,8-13,18,20H,1-2,7H2. The van der Waals surface area contributed by atoms with Crippen molar-refractivity contribution in [1.29, 1.82) is 0 Å². The van der Waals surface area contributed by atoms with Crippen LogP contribution in [0, 0.1) is 5.82 Å². The van der Waals surface area contributed by atoms with E-state index >= 15 is 0 Å². The van der Waals surface area contributed by atoms with Crippen molar-refractivity contribution in [3.8, 4) is 11.5 Å². The quantitative estimate of drug-likeness (QED) is 0.861. The lowest BCUT2D eigenvalue weighted by molar-refractivity contribution is 0.477. The molecule has 1 heterocycles. The molecule has 2 nitrogen and oxygen atoms in total. The molecule has 0 bridgehead atoms. The summed E-state index contributed by atoms with van der Waals surface area (Å²) >= 11 is 0. The molecule has 0 radical (unpaired) electrons. The van der Waals surface area contributed by atoms with E-state index in [9.17, 15) is 4.39 Å². The van der Waals surface area contributed by atoms with Crippen molar-refractivity contribution in [3.05, 3.63) is 72.2 Å². The molecule has 1 atom stereocenters. The lowest BCUT2D eigenvalue weighted by atomic mass is 10.0. The van der Waals surface area contributed by atoms with Crippen LogP contribution in [0.25, 0.3) is 0 Å².